The molecule has 2 aromatic carbocycles. The molecular formula is C22H21N3O2S. The Morgan fingerprint density at radius 2 is 1.86 bits per heavy atom. The van der Waals surface area contributed by atoms with Crippen LogP contribution in [0.3, 0.4) is 0 Å². The van der Waals surface area contributed by atoms with E-state index in [1.807, 2.05) is 60.8 Å². The van der Waals surface area contributed by atoms with Crippen molar-refractivity contribution in [1.29, 1.82) is 0 Å². The zero-order chi connectivity index (χ0) is 19.5. The van der Waals surface area contributed by atoms with Gasteiger partial charge >= 0.3 is 0 Å². The van der Waals surface area contributed by atoms with Gasteiger partial charge in [0, 0.05) is 11.8 Å². The number of thioether (sulfide) groups is 1. The number of nitrogens with one attached hydrogen (secondary N) is 1. The maximum atomic E-state index is 13.2. The van der Waals surface area contributed by atoms with Crippen LogP contribution in [0.15, 0.2) is 70.7 Å². The first-order valence-electron chi connectivity index (χ1n) is 9.14. The molecule has 0 aliphatic rings. The normalized spacial score (nSPS) is 11.1. The predicted molar refractivity (Wildman–Crippen MR) is 114 cm³/mol. The summed E-state index contributed by atoms with van der Waals surface area (Å²) in [5.74, 6) is 1.63. The van der Waals surface area contributed by atoms with Crippen molar-refractivity contribution in [3.8, 4) is 16.9 Å². The molecule has 0 aliphatic carbocycles. The highest BCUT2D eigenvalue weighted by molar-refractivity contribution is 7.99. The zero-order valence-corrected chi connectivity index (χ0v) is 16.6. The Bertz CT molecular complexity index is 1150. The lowest BCUT2D eigenvalue weighted by atomic mass is 10.1. The molecule has 0 saturated heterocycles. The van der Waals surface area contributed by atoms with Crippen molar-refractivity contribution < 1.29 is 4.74 Å². The number of benzene rings is 2. The smallest absolute Gasteiger partial charge is 0.278 e. The predicted octanol–water partition coefficient (Wildman–Crippen LogP) is 4.56. The highest BCUT2D eigenvalue weighted by atomic mass is 32.2. The fourth-order valence-electron chi connectivity index (χ4n) is 3.20. The van der Waals surface area contributed by atoms with Crippen molar-refractivity contribution in [2.45, 2.75) is 18.6 Å². The van der Waals surface area contributed by atoms with E-state index in [9.17, 15) is 4.79 Å². The summed E-state index contributed by atoms with van der Waals surface area (Å²) in [6.07, 6.45) is 1.87. The van der Waals surface area contributed by atoms with Gasteiger partial charge in [0.05, 0.1) is 13.7 Å². The molecule has 28 heavy (non-hydrogen) atoms. The van der Waals surface area contributed by atoms with Crippen molar-refractivity contribution >= 4 is 22.8 Å². The van der Waals surface area contributed by atoms with Crippen LogP contribution in [0, 0.1) is 0 Å². The minimum absolute atomic E-state index is 0.0565. The number of hydrogen-bond acceptors (Lipinski definition) is 4. The Hall–Kier alpha value is -2.99. The van der Waals surface area contributed by atoms with Crippen molar-refractivity contribution in [3.63, 3.8) is 0 Å². The van der Waals surface area contributed by atoms with E-state index in [4.69, 9.17) is 9.72 Å². The molecule has 0 atom stereocenters. The van der Waals surface area contributed by atoms with Crippen molar-refractivity contribution in [2.75, 3.05) is 12.9 Å². The van der Waals surface area contributed by atoms with Crippen LogP contribution in [0.25, 0.3) is 22.2 Å². The molecule has 2 aromatic heterocycles. The monoisotopic (exact) mass is 391 g/mol. The largest absolute Gasteiger partial charge is 0.497 e. The van der Waals surface area contributed by atoms with Gasteiger partial charge in [-0.3, -0.25) is 9.36 Å². The Morgan fingerprint density at radius 1 is 1.11 bits per heavy atom. The van der Waals surface area contributed by atoms with E-state index >= 15 is 0 Å². The summed E-state index contributed by atoms with van der Waals surface area (Å²) in [5.41, 5.74) is 4.21. The number of rotatable bonds is 6. The van der Waals surface area contributed by atoms with Crippen LogP contribution in [0.1, 0.15) is 12.5 Å². The molecule has 1 N–H and O–H groups in total. The average Bonchev–Trinajstić information content (AvgIpc) is 3.16. The molecule has 0 spiro atoms. The second-order valence-corrected chi connectivity index (χ2v) is 7.59. The van der Waals surface area contributed by atoms with Crippen molar-refractivity contribution in [1.82, 2.24) is 14.5 Å². The van der Waals surface area contributed by atoms with Crippen molar-refractivity contribution in [3.05, 3.63) is 76.7 Å². The summed E-state index contributed by atoms with van der Waals surface area (Å²) in [7, 11) is 1.64. The maximum absolute atomic E-state index is 13.2. The lowest BCUT2D eigenvalue weighted by molar-refractivity contribution is 0.414. The highest BCUT2D eigenvalue weighted by Gasteiger charge is 2.16. The second-order valence-electron chi connectivity index (χ2n) is 6.36. The van der Waals surface area contributed by atoms with Crippen LogP contribution in [0.2, 0.25) is 0 Å². The molecule has 4 rings (SSSR count). The van der Waals surface area contributed by atoms with E-state index in [2.05, 4.69) is 11.9 Å². The third kappa shape index (κ3) is 3.43. The number of hydrogen-bond donors (Lipinski definition) is 1. The third-order valence-electron chi connectivity index (χ3n) is 4.61. The molecule has 5 nitrogen and oxygen atoms in total. The summed E-state index contributed by atoms with van der Waals surface area (Å²) in [4.78, 5) is 21.3. The van der Waals surface area contributed by atoms with E-state index in [0.29, 0.717) is 12.1 Å². The summed E-state index contributed by atoms with van der Waals surface area (Å²) in [6, 6.07) is 17.8. The van der Waals surface area contributed by atoms with Gasteiger partial charge < -0.3 is 9.72 Å². The zero-order valence-electron chi connectivity index (χ0n) is 15.8. The number of aromatic amines is 1. The van der Waals surface area contributed by atoms with Gasteiger partial charge in [0.15, 0.2) is 5.16 Å². The molecule has 0 radical (unpaired) electrons. The van der Waals surface area contributed by atoms with Gasteiger partial charge in [-0.1, -0.05) is 61.2 Å². The first kappa shape index (κ1) is 18.4. The third-order valence-corrected chi connectivity index (χ3v) is 5.47. The molecule has 142 valence electrons. The number of ether oxygens (including phenoxy) is 1. The fraction of sp³-hybridized carbons (Fsp3) is 0.182. The molecule has 0 saturated carbocycles. The first-order valence-corrected chi connectivity index (χ1v) is 10.1. The minimum atomic E-state index is -0.0565. The van der Waals surface area contributed by atoms with Crippen LogP contribution >= 0.6 is 11.8 Å². The molecule has 0 aliphatic heterocycles. The van der Waals surface area contributed by atoms with Crippen LogP contribution in [0.5, 0.6) is 5.75 Å². The average molecular weight is 391 g/mol. The number of nitrogens with zero attached hydrogens (tertiary/aromatic N) is 2. The number of fused-ring (bicyclic) bond motifs is 1. The van der Waals surface area contributed by atoms with Crippen molar-refractivity contribution in [2.24, 2.45) is 0 Å². The van der Waals surface area contributed by atoms with Gasteiger partial charge in [0.25, 0.3) is 5.56 Å². The summed E-state index contributed by atoms with van der Waals surface area (Å²) in [6.45, 7) is 2.53. The number of H-pyrrole nitrogens is 1. The molecular weight excluding hydrogens is 370 g/mol. The van der Waals surface area contributed by atoms with Crippen LogP contribution in [-0.2, 0) is 6.54 Å². The second kappa shape index (κ2) is 7.94. The van der Waals surface area contributed by atoms with E-state index in [-0.39, 0.29) is 5.56 Å². The van der Waals surface area contributed by atoms with E-state index < -0.39 is 0 Å². The van der Waals surface area contributed by atoms with Gasteiger partial charge in [-0.15, -0.1) is 0 Å². The van der Waals surface area contributed by atoms with Crippen LogP contribution < -0.4 is 10.3 Å². The quantitative estimate of drug-likeness (QED) is 0.387. The first-order chi connectivity index (χ1) is 13.7. The minimum Gasteiger partial charge on any atom is -0.497 e. The van der Waals surface area contributed by atoms with Gasteiger partial charge in [0.1, 0.15) is 16.8 Å². The standard InChI is InChI=1S/C22H21N3O2S/c1-3-28-22-24-19-18(16-7-5-4-6-8-16)13-23-20(19)21(26)25(22)14-15-9-11-17(27-2)12-10-15/h4-13,23H,3,14H2,1-2H3. The summed E-state index contributed by atoms with van der Waals surface area (Å²) < 4.78 is 6.96. The lowest BCUT2D eigenvalue weighted by Gasteiger charge is -2.12. The molecule has 0 unspecified atom stereocenters. The topological polar surface area (TPSA) is 59.9 Å². The molecule has 0 bridgehead atoms. The van der Waals surface area contributed by atoms with Gasteiger partial charge in [0.2, 0.25) is 0 Å². The van der Waals surface area contributed by atoms with Crippen LogP contribution in [-0.4, -0.2) is 27.4 Å². The van der Waals surface area contributed by atoms with E-state index in [1.54, 1.807) is 23.4 Å². The van der Waals surface area contributed by atoms with Crippen LogP contribution in [0.4, 0.5) is 0 Å². The number of aromatic nitrogens is 3. The van der Waals surface area contributed by atoms with Gasteiger partial charge in [-0.2, -0.15) is 0 Å². The molecule has 0 amide bonds. The SMILES string of the molecule is CCSc1nc2c(-c3ccccc3)c[nH]c2c(=O)n1Cc1ccc(OC)cc1. The Balaban J connectivity index is 1.83. The molecule has 6 heteroatoms. The number of methoxy groups -OCH3 is 1. The Kier molecular flexibility index (Phi) is 5.21. The fourth-order valence-corrected chi connectivity index (χ4v) is 3.92. The molecule has 4 aromatic rings. The maximum Gasteiger partial charge on any atom is 0.278 e. The Labute approximate surface area is 167 Å². The molecule has 0 fully saturated rings. The van der Waals surface area contributed by atoms with E-state index in [0.717, 1.165) is 38.9 Å². The highest BCUT2D eigenvalue weighted by Crippen LogP contribution is 2.28. The summed E-state index contributed by atoms with van der Waals surface area (Å²) in [5, 5.41) is 0.729. The molecule has 2 heterocycles. The summed E-state index contributed by atoms with van der Waals surface area (Å²) >= 11 is 1.58. The van der Waals surface area contributed by atoms with Gasteiger partial charge in [-0.25, -0.2) is 4.98 Å². The van der Waals surface area contributed by atoms with Gasteiger partial charge in [-0.05, 0) is 29.0 Å². The van der Waals surface area contributed by atoms with E-state index in [1.165, 1.54) is 0 Å². The lowest BCUT2D eigenvalue weighted by Crippen LogP contribution is -2.24. The Morgan fingerprint density at radius 3 is 2.54 bits per heavy atom.